The summed E-state index contributed by atoms with van der Waals surface area (Å²) < 4.78 is 1.87. The second-order valence-corrected chi connectivity index (χ2v) is 6.93. The lowest BCUT2D eigenvalue weighted by atomic mass is 10.1. The van der Waals surface area contributed by atoms with Crippen molar-refractivity contribution in [3.05, 3.63) is 71.4 Å². The fourth-order valence-electron chi connectivity index (χ4n) is 3.72. The largest absolute Gasteiger partial charge is 0.340 e. The normalized spacial score (nSPS) is 13.1. The Kier molecular flexibility index (Phi) is 3.85. The van der Waals surface area contributed by atoms with Crippen molar-refractivity contribution in [1.29, 1.82) is 0 Å². The molecule has 0 aliphatic heterocycles. The van der Waals surface area contributed by atoms with Crippen LogP contribution in [0.2, 0.25) is 0 Å². The third-order valence-electron chi connectivity index (χ3n) is 5.14. The smallest absolute Gasteiger partial charge is 0.254 e. The number of rotatable bonds is 4. The molecule has 0 unspecified atom stereocenters. The Morgan fingerprint density at radius 3 is 2.74 bits per heavy atom. The van der Waals surface area contributed by atoms with Gasteiger partial charge in [-0.3, -0.25) is 0 Å². The average molecular weight is 355 g/mol. The second-order valence-electron chi connectivity index (χ2n) is 6.93. The van der Waals surface area contributed by atoms with Crippen LogP contribution in [0.15, 0.2) is 54.6 Å². The molecule has 0 spiro atoms. The molecular weight excluding hydrogens is 334 g/mol. The summed E-state index contributed by atoms with van der Waals surface area (Å²) in [4.78, 5) is 9.48. The van der Waals surface area contributed by atoms with Crippen LogP contribution in [0.5, 0.6) is 0 Å². The number of hydrogen-bond acceptors (Lipinski definition) is 4. The van der Waals surface area contributed by atoms with Gasteiger partial charge in [0, 0.05) is 16.8 Å². The first kappa shape index (κ1) is 16.0. The molecule has 0 saturated carbocycles. The quantitative estimate of drug-likeness (QED) is 0.582. The lowest BCUT2D eigenvalue weighted by molar-refractivity contribution is 0.900. The molecule has 1 N–H and O–H groups in total. The molecule has 134 valence electrons. The summed E-state index contributed by atoms with van der Waals surface area (Å²) >= 11 is 0. The minimum absolute atomic E-state index is 0.656. The lowest BCUT2D eigenvalue weighted by Crippen LogP contribution is -2.07. The topological polar surface area (TPSA) is 55.1 Å². The third kappa shape index (κ3) is 2.85. The Morgan fingerprint density at radius 1 is 1.00 bits per heavy atom. The van der Waals surface area contributed by atoms with E-state index in [2.05, 4.69) is 36.5 Å². The van der Waals surface area contributed by atoms with Crippen LogP contribution in [0.25, 0.3) is 17.2 Å². The zero-order chi connectivity index (χ0) is 18.2. The first-order valence-electron chi connectivity index (χ1n) is 9.52. The van der Waals surface area contributed by atoms with Crippen LogP contribution in [0, 0.1) is 0 Å². The molecule has 2 heterocycles. The van der Waals surface area contributed by atoms with Crippen molar-refractivity contribution in [1.82, 2.24) is 19.6 Å². The van der Waals surface area contributed by atoms with Gasteiger partial charge in [-0.25, -0.2) is 4.98 Å². The maximum atomic E-state index is 4.79. The van der Waals surface area contributed by atoms with E-state index in [0.717, 1.165) is 48.4 Å². The zero-order valence-corrected chi connectivity index (χ0v) is 15.3. The highest BCUT2D eigenvalue weighted by Gasteiger charge is 2.22. The van der Waals surface area contributed by atoms with E-state index >= 15 is 0 Å². The van der Waals surface area contributed by atoms with Gasteiger partial charge in [0.05, 0.1) is 5.69 Å². The average Bonchev–Trinajstić information content (AvgIpc) is 3.35. The molecule has 4 aromatic rings. The van der Waals surface area contributed by atoms with Gasteiger partial charge in [-0.1, -0.05) is 49.4 Å². The predicted molar refractivity (Wildman–Crippen MR) is 107 cm³/mol. The van der Waals surface area contributed by atoms with E-state index in [-0.39, 0.29) is 0 Å². The van der Waals surface area contributed by atoms with Crippen LogP contribution < -0.4 is 5.32 Å². The van der Waals surface area contributed by atoms with E-state index in [0.29, 0.717) is 11.6 Å². The Morgan fingerprint density at radius 2 is 1.89 bits per heavy atom. The molecule has 0 amide bonds. The van der Waals surface area contributed by atoms with Crippen LogP contribution in [0.1, 0.15) is 30.2 Å². The fraction of sp³-hybridized carbons (Fsp3) is 0.227. The minimum Gasteiger partial charge on any atom is -0.340 e. The van der Waals surface area contributed by atoms with Gasteiger partial charge in [0.15, 0.2) is 5.82 Å². The van der Waals surface area contributed by atoms with Gasteiger partial charge in [0.2, 0.25) is 0 Å². The first-order chi connectivity index (χ1) is 13.3. The summed E-state index contributed by atoms with van der Waals surface area (Å²) in [7, 11) is 0. The van der Waals surface area contributed by atoms with Crippen molar-refractivity contribution < 1.29 is 0 Å². The summed E-state index contributed by atoms with van der Waals surface area (Å²) in [5, 5.41) is 8.39. The summed E-state index contributed by atoms with van der Waals surface area (Å²) in [5.41, 5.74) is 5.79. The van der Waals surface area contributed by atoms with Crippen molar-refractivity contribution in [2.45, 2.75) is 32.6 Å². The molecule has 1 aliphatic rings. The van der Waals surface area contributed by atoms with Gasteiger partial charge in [0.25, 0.3) is 5.78 Å². The predicted octanol–water partition coefficient (Wildman–Crippen LogP) is 4.59. The lowest BCUT2D eigenvalue weighted by Gasteiger charge is -2.13. The standard InChI is InChI=1S/C22H21N5/c1-2-15-8-6-11-17(14-15)23-21-18-12-7-13-19(18)24-22-25-20(26-27(21)22)16-9-4-3-5-10-16/h3-6,8-11,14,23H,2,7,12-13H2,1H3. The maximum absolute atomic E-state index is 4.79. The fourth-order valence-corrected chi connectivity index (χ4v) is 3.72. The number of aryl methyl sites for hydroxylation is 2. The van der Waals surface area contributed by atoms with E-state index in [1.165, 1.54) is 11.1 Å². The van der Waals surface area contributed by atoms with Gasteiger partial charge >= 0.3 is 0 Å². The van der Waals surface area contributed by atoms with Crippen LogP contribution in [-0.4, -0.2) is 19.6 Å². The van der Waals surface area contributed by atoms with E-state index in [1.54, 1.807) is 0 Å². The molecule has 2 aromatic carbocycles. The van der Waals surface area contributed by atoms with Gasteiger partial charge in [-0.2, -0.15) is 9.50 Å². The van der Waals surface area contributed by atoms with Crippen molar-refractivity contribution in [3.8, 4) is 11.4 Å². The van der Waals surface area contributed by atoms with E-state index in [9.17, 15) is 0 Å². The van der Waals surface area contributed by atoms with Crippen molar-refractivity contribution in [2.75, 3.05) is 5.32 Å². The highest BCUT2D eigenvalue weighted by atomic mass is 15.4. The summed E-state index contributed by atoms with van der Waals surface area (Å²) in [6.07, 6.45) is 4.17. The minimum atomic E-state index is 0.656. The van der Waals surface area contributed by atoms with Crippen LogP contribution in [0.3, 0.4) is 0 Å². The molecular formula is C22H21N5. The molecule has 0 saturated heterocycles. The Hall–Kier alpha value is -3.21. The summed E-state index contributed by atoms with van der Waals surface area (Å²) in [5.74, 6) is 2.36. The number of nitrogens with zero attached hydrogens (tertiary/aromatic N) is 4. The number of hydrogen-bond donors (Lipinski definition) is 1. The molecule has 2 aromatic heterocycles. The van der Waals surface area contributed by atoms with Gasteiger partial charge in [-0.15, -0.1) is 5.10 Å². The second kappa shape index (κ2) is 6.50. The molecule has 0 atom stereocenters. The molecule has 5 rings (SSSR count). The summed E-state index contributed by atoms with van der Waals surface area (Å²) in [6, 6.07) is 18.6. The highest BCUT2D eigenvalue weighted by Crippen LogP contribution is 2.31. The maximum Gasteiger partial charge on any atom is 0.254 e. The molecule has 0 bridgehead atoms. The molecule has 0 radical (unpaired) electrons. The number of benzene rings is 2. The highest BCUT2D eigenvalue weighted by molar-refractivity contribution is 5.66. The van der Waals surface area contributed by atoms with Gasteiger partial charge in [-0.05, 0) is 43.4 Å². The Balaban J connectivity index is 1.66. The monoisotopic (exact) mass is 355 g/mol. The molecule has 27 heavy (non-hydrogen) atoms. The SMILES string of the molecule is CCc1cccc(Nc2c3c(nc4nc(-c5ccccc5)nn24)CCC3)c1. The van der Waals surface area contributed by atoms with Crippen LogP contribution in [-0.2, 0) is 19.3 Å². The molecule has 5 heteroatoms. The van der Waals surface area contributed by atoms with Crippen molar-refractivity contribution in [3.63, 3.8) is 0 Å². The van der Waals surface area contributed by atoms with E-state index < -0.39 is 0 Å². The number of nitrogens with one attached hydrogen (secondary N) is 1. The molecule has 1 aliphatic carbocycles. The third-order valence-corrected chi connectivity index (χ3v) is 5.14. The zero-order valence-electron chi connectivity index (χ0n) is 15.3. The summed E-state index contributed by atoms with van der Waals surface area (Å²) in [6.45, 7) is 2.17. The number of fused-ring (bicyclic) bond motifs is 2. The molecule has 0 fully saturated rings. The number of aromatic nitrogens is 4. The van der Waals surface area contributed by atoms with Crippen LogP contribution >= 0.6 is 0 Å². The van der Waals surface area contributed by atoms with Crippen molar-refractivity contribution in [2.24, 2.45) is 0 Å². The molecule has 5 nitrogen and oxygen atoms in total. The van der Waals surface area contributed by atoms with Crippen LogP contribution in [0.4, 0.5) is 11.5 Å². The Labute approximate surface area is 158 Å². The van der Waals surface area contributed by atoms with E-state index in [1.807, 2.05) is 34.8 Å². The van der Waals surface area contributed by atoms with Gasteiger partial charge in [0.1, 0.15) is 5.82 Å². The van der Waals surface area contributed by atoms with Crippen molar-refractivity contribution >= 4 is 17.3 Å². The van der Waals surface area contributed by atoms with Gasteiger partial charge < -0.3 is 5.32 Å². The Bertz CT molecular complexity index is 1110. The number of anilines is 2. The first-order valence-corrected chi connectivity index (χ1v) is 9.52. The van der Waals surface area contributed by atoms with E-state index in [4.69, 9.17) is 15.1 Å².